The standard InChI is InChI=1S/C43H57N5O5/c1-5-6-7-14-23-48(36-18-12-9-13-19-36)39(49)20-15-24-52-37-21-22-38-35(27-37)29-47(30-40(50)53-41-32(3)25-31(2)26-33(41)4)42(45-38)46-43(51)44-28-34-16-10-8-11-17-34/h9,12-13,18-19,21-22,25-27,34H,5-8,10-11,14-17,20,23-24,28-30H2,1-4H3,(H2,44,45,46,51). The van der Waals surface area contributed by atoms with E-state index in [1.807, 2.05) is 86.3 Å². The average Bonchev–Trinajstić information content (AvgIpc) is 3.15. The van der Waals surface area contributed by atoms with Crippen LogP contribution in [0.3, 0.4) is 0 Å². The number of ether oxygens (including phenoxy) is 2. The molecule has 10 nitrogen and oxygen atoms in total. The minimum atomic E-state index is -0.451. The van der Waals surface area contributed by atoms with Gasteiger partial charge in [-0.1, -0.05) is 81.3 Å². The van der Waals surface area contributed by atoms with E-state index in [4.69, 9.17) is 14.5 Å². The van der Waals surface area contributed by atoms with Gasteiger partial charge in [-0.3, -0.25) is 10.1 Å². The molecule has 0 unspecified atom stereocenters. The number of guanidine groups is 1. The fourth-order valence-electron chi connectivity index (χ4n) is 7.25. The van der Waals surface area contributed by atoms with Crippen molar-refractivity contribution in [1.29, 1.82) is 0 Å². The van der Waals surface area contributed by atoms with Crippen molar-refractivity contribution in [1.82, 2.24) is 15.5 Å². The Labute approximate surface area is 315 Å². The van der Waals surface area contributed by atoms with Crippen molar-refractivity contribution in [2.75, 3.05) is 31.1 Å². The Balaban J connectivity index is 1.22. The molecule has 1 saturated carbocycles. The summed E-state index contributed by atoms with van der Waals surface area (Å²) in [4.78, 5) is 48.1. The number of rotatable bonds is 16. The molecule has 2 aliphatic rings. The highest BCUT2D eigenvalue weighted by atomic mass is 16.5. The van der Waals surface area contributed by atoms with Crippen molar-refractivity contribution in [3.63, 3.8) is 0 Å². The molecule has 3 aromatic rings. The smallest absolute Gasteiger partial charge is 0.331 e. The number of esters is 1. The summed E-state index contributed by atoms with van der Waals surface area (Å²) < 4.78 is 12.0. The van der Waals surface area contributed by atoms with E-state index in [0.717, 1.165) is 60.0 Å². The number of aliphatic imine (C=N–C) groups is 1. The number of anilines is 1. The van der Waals surface area contributed by atoms with Gasteiger partial charge in [0, 0.05) is 37.3 Å². The molecule has 53 heavy (non-hydrogen) atoms. The molecule has 2 N–H and O–H groups in total. The Morgan fingerprint density at radius 2 is 1.66 bits per heavy atom. The first kappa shape index (κ1) is 39.3. The molecule has 0 saturated heterocycles. The number of benzene rings is 3. The summed E-state index contributed by atoms with van der Waals surface area (Å²) in [6.45, 7) is 9.96. The van der Waals surface area contributed by atoms with Crippen LogP contribution < -0.4 is 25.0 Å². The Morgan fingerprint density at radius 3 is 2.40 bits per heavy atom. The van der Waals surface area contributed by atoms with Crippen LogP contribution in [0.15, 0.2) is 65.7 Å². The van der Waals surface area contributed by atoms with Gasteiger partial charge in [0.15, 0.2) is 0 Å². The number of para-hydroxylation sites is 1. The topological polar surface area (TPSA) is 113 Å². The summed E-state index contributed by atoms with van der Waals surface area (Å²) >= 11 is 0. The van der Waals surface area contributed by atoms with Crippen LogP contribution in [0.4, 0.5) is 16.2 Å². The lowest BCUT2D eigenvalue weighted by Gasteiger charge is -2.30. The second kappa shape index (κ2) is 19.8. The minimum absolute atomic E-state index is 0.0948. The van der Waals surface area contributed by atoms with Crippen LogP contribution in [-0.4, -0.2) is 55.0 Å². The third-order valence-electron chi connectivity index (χ3n) is 9.99. The van der Waals surface area contributed by atoms with Crippen LogP contribution in [0, 0.1) is 26.7 Å². The van der Waals surface area contributed by atoms with Gasteiger partial charge in [0.1, 0.15) is 18.0 Å². The zero-order valence-corrected chi connectivity index (χ0v) is 32.0. The van der Waals surface area contributed by atoms with Gasteiger partial charge in [-0.05, 0) is 93.8 Å². The highest BCUT2D eigenvalue weighted by molar-refractivity contribution is 5.99. The first-order valence-corrected chi connectivity index (χ1v) is 19.5. The average molecular weight is 724 g/mol. The molecule has 1 aliphatic heterocycles. The number of amides is 3. The summed E-state index contributed by atoms with van der Waals surface area (Å²) in [5.41, 5.74) is 5.34. The highest BCUT2D eigenvalue weighted by Crippen LogP contribution is 2.31. The van der Waals surface area contributed by atoms with E-state index >= 15 is 0 Å². The predicted octanol–water partition coefficient (Wildman–Crippen LogP) is 8.67. The lowest BCUT2D eigenvalue weighted by Crippen LogP contribution is -2.51. The molecule has 284 valence electrons. The number of unbranched alkanes of at least 4 members (excludes halogenated alkanes) is 3. The van der Waals surface area contributed by atoms with E-state index in [9.17, 15) is 14.4 Å². The molecule has 3 amide bonds. The van der Waals surface area contributed by atoms with E-state index in [1.165, 1.54) is 25.7 Å². The zero-order valence-electron chi connectivity index (χ0n) is 32.0. The maximum absolute atomic E-state index is 13.4. The van der Waals surface area contributed by atoms with Gasteiger partial charge in [-0.15, -0.1) is 0 Å². The third-order valence-corrected chi connectivity index (χ3v) is 9.99. The summed E-state index contributed by atoms with van der Waals surface area (Å²) in [6.07, 6.45) is 11.2. The van der Waals surface area contributed by atoms with Crippen LogP contribution in [-0.2, 0) is 16.1 Å². The minimum Gasteiger partial charge on any atom is -0.494 e. The van der Waals surface area contributed by atoms with E-state index in [2.05, 4.69) is 17.6 Å². The molecule has 0 atom stereocenters. The molecule has 10 heteroatoms. The number of hydrogen-bond donors (Lipinski definition) is 2. The Morgan fingerprint density at radius 1 is 0.906 bits per heavy atom. The molecular weight excluding hydrogens is 667 g/mol. The number of carbonyl (C=O) groups is 3. The fraction of sp³-hybridized carbons (Fsp3) is 0.488. The molecule has 0 aromatic heterocycles. The number of carbonyl (C=O) groups excluding carboxylic acids is 3. The van der Waals surface area contributed by atoms with Crippen molar-refractivity contribution >= 4 is 35.2 Å². The number of nitrogens with zero attached hydrogens (tertiary/aromatic N) is 3. The molecule has 5 rings (SSSR count). The molecule has 1 heterocycles. The maximum Gasteiger partial charge on any atom is 0.331 e. The van der Waals surface area contributed by atoms with Crippen LogP contribution in [0.2, 0.25) is 0 Å². The van der Waals surface area contributed by atoms with Gasteiger partial charge in [0.2, 0.25) is 11.9 Å². The summed E-state index contributed by atoms with van der Waals surface area (Å²) in [5.74, 6) is 1.61. The van der Waals surface area contributed by atoms with Crippen LogP contribution >= 0.6 is 0 Å². The van der Waals surface area contributed by atoms with Crippen molar-refractivity contribution in [3.8, 4) is 11.5 Å². The lowest BCUT2D eigenvalue weighted by molar-refractivity contribution is -0.135. The van der Waals surface area contributed by atoms with Gasteiger partial charge < -0.3 is 24.6 Å². The lowest BCUT2D eigenvalue weighted by atomic mass is 9.89. The van der Waals surface area contributed by atoms with Crippen molar-refractivity contribution < 1.29 is 23.9 Å². The fourth-order valence-corrected chi connectivity index (χ4v) is 7.25. The first-order chi connectivity index (χ1) is 25.7. The molecule has 1 aliphatic carbocycles. The van der Waals surface area contributed by atoms with E-state index in [1.54, 1.807) is 4.90 Å². The van der Waals surface area contributed by atoms with Crippen LogP contribution in [0.1, 0.15) is 99.8 Å². The number of nitrogens with one attached hydrogen (secondary N) is 2. The zero-order chi connectivity index (χ0) is 37.6. The van der Waals surface area contributed by atoms with Crippen molar-refractivity contribution in [3.05, 3.63) is 82.9 Å². The van der Waals surface area contributed by atoms with Gasteiger partial charge >= 0.3 is 12.0 Å². The molecule has 0 radical (unpaired) electrons. The van der Waals surface area contributed by atoms with E-state index < -0.39 is 5.97 Å². The van der Waals surface area contributed by atoms with Gasteiger partial charge in [-0.25, -0.2) is 14.6 Å². The van der Waals surface area contributed by atoms with E-state index in [0.29, 0.717) is 62.2 Å². The van der Waals surface area contributed by atoms with Crippen molar-refractivity contribution in [2.45, 2.75) is 105 Å². The Bertz CT molecular complexity index is 1700. The maximum atomic E-state index is 13.4. The molecule has 3 aromatic carbocycles. The molecule has 1 fully saturated rings. The summed E-state index contributed by atoms with van der Waals surface area (Å²) in [6, 6.07) is 19.1. The van der Waals surface area contributed by atoms with Crippen LogP contribution in [0.5, 0.6) is 11.5 Å². The quantitative estimate of drug-likeness (QED) is 0.0869. The molecule has 0 spiro atoms. The van der Waals surface area contributed by atoms with Crippen LogP contribution in [0.25, 0.3) is 0 Å². The Kier molecular flexibility index (Phi) is 14.7. The predicted molar refractivity (Wildman–Crippen MR) is 211 cm³/mol. The molecule has 0 bridgehead atoms. The van der Waals surface area contributed by atoms with Gasteiger partial charge in [0.25, 0.3) is 0 Å². The third kappa shape index (κ3) is 11.8. The second-order valence-corrected chi connectivity index (χ2v) is 14.5. The van der Waals surface area contributed by atoms with Gasteiger partial charge in [0.05, 0.1) is 12.3 Å². The number of aryl methyl sites for hydroxylation is 3. The number of urea groups is 1. The summed E-state index contributed by atoms with van der Waals surface area (Å²) in [5, 5.41) is 5.92. The normalized spacial score (nSPS) is 14.2. The van der Waals surface area contributed by atoms with Crippen molar-refractivity contribution in [2.24, 2.45) is 10.9 Å². The summed E-state index contributed by atoms with van der Waals surface area (Å²) in [7, 11) is 0. The SMILES string of the molecule is CCCCCCN(C(=O)CCCOc1ccc2c(c1)CN(CC(=O)Oc1c(C)cc(C)cc1C)C(NC(=O)NCC1CCCCC1)=N2)c1ccccc1. The first-order valence-electron chi connectivity index (χ1n) is 19.5. The molecular formula is C43H57N5O5. The van der Waals surface area contributed by atoms with E-state index in [-0.39, 0.29) is 24.4 Å². The monoisotopic (exact) mass is 723 g/mol. The van der Waals surface area contributed by atoms with Gasteiger partial charge in [-0.2, -0.15) is 0 Å². The number of hydrogen-bond acceptors (Lipinski definition) is 7. The highest BCUT2D eigenvalue weighted by Gasteiger charge is 2.26. The second-order valence-electron chi connectivity index (χ2n) is 14.5. The largest absolute Gasteiger partial charge is 0.494 e. The number of fused-ring (bicyclic) bond motifs is 1. The Hall–Kier alpha value is -4.86.